The summed E-state index contributed by atoms with van der Waals surface area (Å²) in [5.74, 6) is 0. The average molecular weight is 1020 g/mol. The van der Waals surface area contributed by atoms with Crippen LogP contribution in [0.1, 0.15) is 90.2 Å². The zero-order chi connectivity index (χ0) is 41.0. The maximum Gasteiger partial charge on any atom is 0.269 e. The number of unbranched alkanes of at least 4 members (excludes halogenated alkanes) is 4. The molecule has 2 aliphatic rings. The van der Waals surface area contributed by atoms with Crippen LogP contribution in [-0.4, -0.2) is 120 Å². The van der Waals surface area contributed by atoms with Gasteiger partial charge in [0, 0.05) is 88.3 Å². The van der Waals surface area contributed by atoms with Gasteiger partial charge >= 0.3 is 0 Å². The highest BCUT2D eigenvalue weighted by atomic mass is 79.9. The third-order valence-corrected chi connectivity index (χ3v) is 10.4. The minimum atomic E-state index is -0.377. The molecule has 3 N–H and O–H groups in total. The Balaban J connectivity index is 0. The van der Waals surface area contributed by atoms with Crippen molar-refractivity contribution in [3.63, 3.8) is 0 Å². The quantitative estimate of drug-likeness (QED) is 0.0693. The second kappa shape index (κ2) is 34.9. The Hall–Kier alpha value is -2.76. The largest absolute Gasteiger partial charge is 1.00 e. The molecule has 2 aliphatic heterocycles. The van der Waals surface area contributed by atoms with E-state index in [-0.39, 0.29) is 72.2 Å². The molecular weight excluding hydrogens is 946 g/mol. The highest BCUT2D eigenvalue weighted by Gasteiger charge is 2.24. The van der Waals surface area contributed by atoms with Crippen molar-refractivity contribution < 1.29 is 65.3 Å². The number of hydrogen-bond donors (Lipinski definition) is 2. The lowest BCUT2D eigenvalue weighted by Gasteiger charge is -2.39. The number of hydrogen-bond acceptors (Lipinski definition) is 10. The molecule has 2 heterocycles. The molecule has 0 unspecified atom stereocenters. The van der Waals surface area contributed by atoms with Crippen molar-refractivity contribution in [3.05, 3.63) is 105 Å². The Morgan fingerprint density at radius 2 is 0.898 bits per heavy atom. The molecular formula is C43H74Br3N9O4-2. The van der Waals surface area contributed by atoms with Gasteiger partial charge in [-0.1, -0.05) is 77.6 Å². The third-order valence-electron chi connectivity index (χ3n) is 10.4. The number of nitrogens with two attached hydrogens (primary N) is 1. The molecule has 0 amide bonds. The standard InChI is InChI=1S/C16H36N.C14H20N4O2.C13H18N4O2.3BrH/c1-5-9-13-17(14-10-6-2,15-11-7-3)16-12-8-4;1-15-7-9-17-11-10-16(12-17)8-6-13-2-4-14(5-3-13)18(19)20;14-6-8-16-10-9-15(11-16)7-5-12-1-3-13(4-2-12)17(18)19;;;/h5-16H2,1-4H3;2-5,10-11,15H,6-9,12H2,1H3;1-4,9-10H,5-8,11,14H2;3*1H/q+1;;;;;/p-3. The van der Waals surface area contributed by atoms with Gasteiger partial charge in [0.15, 0.2) is 0 Å². The zero-order valence-electron chi connectivity index (χ0n) is 36.5. The molecule has 0 atom stereocenters. The number of nitrogens with one attached hydrogen (secondary N) is 1. The Morgan fingerprint density at radius 3 is 1.19 bits per heavy atom. The van der Waals surface area contributed by atoms with Crippen LogP contribution in [0, 0.1) is 20.2 Å². The molecule has 2 aromatic carbocycles. The summed E-state index contributed by atoms with van der Waals surface area (Å²) < 4.78 is 1.42. The summed E-state index contributed by atoms with van der Waals surface area (Å²) in [6, 6.07) is 13.5. The summed E-state index contributed by atoms with van der Waals surface area (Å²) in [4.78, 5) is 29.3. The van der Waals surface area contributed by atoms with Crippen molar-refractivity contribution in [2.24, 2.45) is 5.73 Å². The number of non-ortho nitro benzene ring substituents is 2. The summed E-state index contributed by atoms with van der Waals surface area (Å²) in [7, 11) is 1.95. The second-order valence-electron chi connectivity index (χ2n) is 15.0. The van der Waals surface area contributed by atoms with Gasteiger partial charge < -0.3 is 86.1 Å². The van der Waals surface area contributed by atoms with Gasteiger partial charge in [0.25, 0.3) is 11.4 Å². The van der Waals surface area contributed by atoms with E-state index in [1.165, 1.54) is 82.0 Å². The van der Waals surface area contributed by atoms with E-state index in [0.717, 1.165) is 70.0 Å². The molecule has 2 aromatic rings. The smallest absolute Gasteiger partial charge is 0.269 e. The fourth-order valence-electron chi connectivity index (χ4n) is 6.79. The van der Waals surface area contributed by atoms with Crippen molar-refractivity contribution in [1.29, 1.82) is 0 Å². The first-order chi connectivity index (χ1) is 27.1. The van der Waals surface area contributed by atoms with Crippen LogP contribution < -0.4 is 62.0 Å². The topological polar surface area (TPSA) is 137 Å². The summed E-state index contributed by atoms with van der Waals surface area (Å²) in [5, 5.41) is 24.3. The SMILES string of the molecule is CCCC[N+](CCCC)(CCCC)CCCC.CNCCN1C=CN(CCc2ccc([N+](=O)[O-])cc2)C1.NCCN1C=CN(CCc2ccc([N+](=O)[O-])cc2)C1.[Br-].[Br-].[Br-]. The first-order valence-electron chi connectivity index (χ1n) is 21.1. The van der Waals surface area contributed by atoms with Crippen LogP contribution >= 0.6 is 0 Å². The second-order valence-corrected chi connectivity index (χ2v) is 15.0. The van der Waals surface area contributed by atoms with E-state index in [2.05, 4.69) is 71.2 Å². The average Bonchev–Trinajstić information content (AvgIpc) is 3.88. The lowest BCUT2D eigenvalue weighted by molar-refractivity contribution is -0.929. The number of halogens is 3. The number of quaternary nitrogens is 1. The van der Waals surface area contributed by atoms with Crippen LogP contribution in [0.3, 0.4) is 0 Å². The molecule has 16 heteroatoms. The minimum Gasteiger partial charge on any atom is -1.00 e. The number of likely N-dealkylation sites (N-methyl/N-ethyl adjacent to an activating group) is 1. The molecule has 0 aromatic heterocycles. The van der Waals surface area contributed by atoms with Crippen LogP contribution in [0.2, 0.25) is 0 Å². The third kappa shape index (κ3) is 24.3. The summed E-state index contributed by atoms with van der Waals surface area (Å²) >= 11 is 0. The van der Waals surface area contributed by atoms with E-state index >= 15 is 0 Å². The molecule has 13 nitrogen and oxygen atoms in total. The first kappa shape index (κ1) is 58.3. The number of benzene rings is 2. The lowest BCUT2D eigenvalue weighted by atomic mass is 10.1. The Morgan fingerprint density at radius 1 is 0.576 bits per heavy atom. The number of nitro groups is 2. The normalized spacial score (nSPS) is 12.8. The van der Waals surface area contributed by atoms with Crippen LogP contribution in [-0.2, 0) is 12.8 Å². The first-order valence-corrected chi connectivity index (χ1v) is 21.1. The van der Waals surface area contributed by atoms with Crippen molar-refractivity contribution >= 4 is 11.4 Å². The van der Waals surface area contributed by atoms with Gasteiger partial charge in [0.2, 0.25) is 0 Å². The summed E-state index contributed by atoms with van der Waals surface area (Å²) in [6.07, 6.45) is 21.1. The van der Waals surface area contributed by atoms with Gasteiger partial charge in [-0.05, 0) is 56.7 Å². The molecule has 0 bridgehead atoms. The van der Waals surface area contributed by atoms with Gasteiger partial charge in [-0.3, -0.25) is 20.2 Å². The Labute approximate surface area is 387 Å². The lowest BCUT2D eigenvalue weighted by Crippen LogP contribution is -3.00. The van der Waals surface area contributed by atoms with E-state index < -0.39 is 0 Å². The highest BCUT2D eigenvalue weighted by Crippen LogP contribution is 2.18. The van der Waals surface area contributed by atoms with Gasteiger partial charge in [-0.25, -0.2) is 0 Å². The van der Waals surface area contributed by atoms with Crippen molar-refractivity contribution in [3.8, 4) is 0 Å². The van der Waals surface area contributed by atoms with E-state index in [1.807, 2.05) is 37.5 Å². The van der Waals surface area contributed by atoms with Crippen molar-refractivity contribution in [1.82, 2.24) is 24.9 Å². The van der Waals surface area contributed by atoms with E-state index in [9.17, 15) is 20.2 Å². The number of nitrogens with zero attached hydrogens (tertiary/aromatic N) is 7. The van der Waals surface area contributed by atoms with Crippen molar-refractivity contribution in [2.45, 2.75) is 91.9 Å². The van der Waals surface area contributed by atoms with E-state index in [1.54, 1.807) is 24.3 Å². The summed E-state index contributed by atoms with van der Waals surface area (Å²) in [5.41, 5.74) is 8.02. The minimum absolute atomic E-state index is 0. The monoisotopic (exact) mass is 1020 g/mol. The van der Waals surface area contributed by atoms with Crippen molar-refractivity contribution in [2.75, 3.05) is 85.8 Å². The van der Waals surface area contributed by atoms with Crippen LogP contribution in [0.5, 0.6) is 0 Å². The molecule has 0 spiro atoms. The molecule has 0 saturated carbocycles. The number of nitro benzene ring substituents is 2. The predicted molar refractivity (Wildman–Crippen MR) is 231 cm³/mol. The maximum absolute atomic E-state index is 10.6. The molecule has 0 saturated heterocycles. The van der Waals surface area contributed by atoms with Gasteiger partial charge in [0.1, 0.15) is 0 Å². The van der Waals surface area contributed by atoms with E-state index in [0.29, 0.717) is 6.54 Å². The molecule has 0 fully saturated rings. The molecule has 4 rings (SSSR count). The van der Waals surface area contributed by atoms with Gasteiger partial charge in [-0.2, -0.15) is 0 Å². The van der Waals surface area contributed by atoms with Crippen LogP contribution in [0.4, 0.5) is 11.4 Å². The fraction of sp³-hybridized carbons (Fsp3) is 0.628. The Kier molecular flexibility index (Phi) is 34.5. The molecule has 338 valence electrons. The van der Waals surface area contributed by atoms with Crippen LogP contribution in [0.25, 0.3) is 0 Å². The predicted octanol–water partition coefficient (Wildman–Crippen LogP) is -1.44. The van der Waals surface area contributed by atoms with Crippen LogP contribution in [0.15, 0.2) is 73.3 Å². The molecule has 0 radical (unpaired) electrons. The van der Waals surface area contributed by atoms with E-state index in [4.69, 9.17) is 5.73 Å². The van der Waals surface area contributed by atoms with Gasteiger partial charge in [-0.15, -0.1) is 0 Å². The molecule has 59 heavy (non-hydrogen) atoms. The van der Waals surface area contributed by atoms with Gasteiger partial charge in [0.05, 0.1) is 49.4 Å². The Bertz CT molecular complexity index is 1380. The summed E-state index contributed by atoms with van der Waals surface area (Å²) in [6.45, 7) is 22.1. The fourth-order valence-corrected chi connectivity index (χ4v) is 6.79. The molecule has 0 aliphatic carbocycles. The zero-order valence-corrected chi connectivity index (χ0v) is 41.2. The maximum atomic E-state index is 10.6. The number of rotatable bonds is 25. The highest BCUT2D eigenvalue weighted by molar-refractivity contribution is 5.33.